The summed E-state index contributed by atoms with van der Waals surface area (Å²) in [6.45, 7) is 2.25. The molecule has 0 bridgehead atoms. The van der Waals surface area contributed by atoms with Gasteiger partial charge in [-0.2, -0.15) is 0 Å². The van der Waals surface area contributed by atoms with Crippen molar-refractivity contribution in [3.63, 3.8) is 0 Å². The number of aromatic nitrogens is 3. The molecule has 8 heteroatoms. The fourth-order valence-electron chi connectivity index (χ4n) is 3.97. The molecule has 35 heavy (non-hydrogen) atoms. The topological polar surface area (TPSA) is 86.1 Å². The maximum absolute atomic E-state index is 13.3. The van der Waals surface area contributed by atoms with Crippen LogP contribution in [-0.4, -0.2) is 33.0 Å². The summed E-state index contributed by atoms with van der Waals surface area (Å²) in [4.78, 5) is 36.0. The molecule has 0 fully saturated rings. The Morgan fingerprint density at radius 1 is 0.914 bits per heavy atom. The zero-order chi connectivity index (χ0) is 24.4. The second-order valence-electron chi connectivity index (χ2n) is 7.83. The van der Waals surface area contributed by atoms with Crippen molar-refractivity contribution >= 4 is 51.5 Å². The predicted molar refractivity (Wildman–Crippen MR) is 136 cm³/mol. The van der Waals surface area contributed by atoms with Gasteiger partial charge < -0.3 is 14.6 Å². The lowest BCUT2D eigenvalue weighted by Crippen LogP contribution is -2.19. The van der Waals surface area contributed by atoms with Gasteiger partial charge in [0.1, 0.15) is 16.9 Å². The van der Waals surface area contributed by atoms with Gasteiger partial charge in [0.15, 0.2) is 5.65 Å². The maximum atomic E-state index is 13.3. The number of rotatable bonds is 6. The van der Waals surface area contributed by atoms with E-state index >= 15 is 0 Å². The summed E-state index contributed by atoms with van der Waals surface area (Å²) in [5, 5.41) is 3.20. The van der Waals surface area contributed by atoms with Gasteiger partial charge in [-0.25, -0.2) is 14.8 Å². The lowest BCUT2D eigenvalue weighted by Gasteiger charge is -2.13. The first-order chi connectivity index (χ1) is 17.1. The normalized spacial score (nSPS) is 11.0. The Morgan fingerprint density at radius 2 is 1.57 bits per heavy atom. The van der Waals surface area contributed by atoms with Gasteiger partial charge in [-0.15, -0.1) is 0 Å². The summed E-state index contributed by atoms with van der Waals surface area (Å²) in [7, 11) is 0. The van der Waals surface area contributed by atoms with Crippen molar-refractivity contribution in [3.05, 3.63) is 101 Å². The maximum Gasteiger partial charge on any atom is 0.344 e. The van der Waals surface area contributed by atoms with E-state index in [4.69, 9.17) is 26.3 Å². The van der Waals surface area contributed by atoms with Crippen molar-refractivity contribution in [2.24, 2.45) is 0 Å². The summed E-state index contributed by atoms with van der Waals surface area (Å²) in [6.07, 6.45) is 0. The summed E-state index contributed by atoms with van der Waals surface area (Å²) in [5.41, 5.74) is 3.52. The van der Waals surface area contributed by atoms with E-state index in [9.17, 15) is 9.59 Å². The van der Waals surface area contributed by atoms with Crippen LogP contribution in [0.1, 0.15) is 33.2 Å². The van der Waals surface area contributed by atoms with E-state index in [0.717, 1.165) is 5.56 Å². The molecule has 2 aromatic heterocycles. The Balaban J connectivity index is 1.77. The number of amides is 1. The molecule has 7 nitrogen and oxygen atoms in total. The zero-order valence-corrected chi connectivity index (χ0v) is 19.6. The van der Waals surface area contributed by atoms with E-state index < -0.39 is 11.9 Å². The Hall–Kier alpha value is -4.23. The number of halogens is 1. The summed E-state index contributed by atoms with van der Waals surface area (Å²) < 4.78 is 7.15. The third kappa shape index (κ3) is 4.34. The van der Waals surface area contributed by atoms with E-state index in [1.165, 1.54) is 0 Å². The van der Waals surface area contributed by atoms with Crippen molar-refractivity contribution in [2.75, 3.05) is 11.9 Å². The lowest BCUT2D eigenvalue weighted by atomic mass is 10.2. The minimum Gasteiger partial charge on any atom is -0.462 e. The van der Waals surface area contributed by atoms with Gasteiger partial charge in [0, 0.05) is 0 Å². The second-order valence-corrected chi connectivity index (χ2v) is 8.24. The van der Waals surface area contributed by atoms with Gasteiger partial charge in [-0.1, -0.05) is 66.2 Å². The van der Waals surface area contributed by atoms with E-state index in [2.05, 4.69) is 5.32 Å². The lowest BCUT2D eigenvalue weighted by molar-refractivity contribution is 0.0529. The van der Waals surface area contributed by atoms with Crippen LogP contribution in [0.15, 0.2) is 78.9 Å². The number of nitrogens with one attached hydrogen (secondary N) is 1. The van der Waals surface area contributed by atoms with Gasteiger partial charge in [0.05, 0.1) is 34.8 Å². The smallest absolute Gasteiger partial charge is 0.344 e. The SMILES string of the molecule is CCOC(=O)c1c(NC(=O)c2ccccc2Cl)n(Cc2ccccc2)c2nc3ccccc3nc12. The number of hydrogen-bond donors (Lipinski definition) is 1. The third-order valence-corrected chi connectivity index (χ3v) is 5.89. The average Bonchev–Trinajstić information content (AvgIpc) is 3.15. The first-order valence-electron chi connectivity index (χ1n) is 11.1. The van der Waals surface area contributed by atoms with Crippen LogP contribution in [-0.2, 0) is 11.3 Å². The fraction of sp³-hybridized carbons (Fsp3) is 0.111. The quantitative estimate of drug-likeness (QED) is 0.312. The fourth-order valence-corrected chi connectivity index (χ4v) is 4.19. The molecular formula is C27H21ClN4O3. The Bertz CT molecular complexity index is 1560. The number of hydrogen-bond acceptors (Lipinski definition) is 5. The summed E-state index contributed by atoms with van der Waals surface area (Å²) >= 11 is 6.27. The number of para-hydroxylation sites is 2. The first kappa shape index (κ1) is 22.6. The van der Waals surface area contributed by atoms with E-state index in [-0.39, 0.29) is 23.6 Å². The Labute approximate surface area is 206 Å². The van der Waals surface area contributed by atoms with E-state index in [1.807, 2.05) is 54.6 Å². The number of esters is 1. The molecule has 0 radical (unpaired) electrons. The zero-order valence-electron chi connectivity index (χ0n) is 18.9. The standard InChI is InChI=1S/C27H21ClN4O3/c1-2-35-27(34)22-23-25(30-21-15-9-8-14-20(21)29-23)32(16-17-10-4-3-5-11-17)24(22)31-26(33)18-12-6-7-13-19(18)28/h3-15H,2,16H2,1H3,(H,31,33). The van der Waals surface area contributed by atoms with Crippen molar-refractivity contribution in [1.82, 2.24) is 14.5 Å². The molecule has 5 rings (SSSR count). The van der Waals surface area contributed by atoms with Gasteiger partial charge >= 0.3 is 5.97 Å². The van der Waals surface area contributed by atoms with E-state index in [0.29, 0.717) is 33.8 Å². The third-order valence-electron chi connectivity index (χ3n) is 5.56. The van der Waals surface area contributed by atoms with Gasteiger partial charge in [0.2, 0.25) is 0 Å². The number of fused-ring (bicyclic) bond motifs is 2. The van der Waals surface area contributed by atoms with Gasteiger partial charge in [0.25, 0.3) is 5.91 Å². The number of nitrogens with zero attached hydrogens (tertiary/aromatic N) is 3. The van der Waals surface area contributed by atoms with E-state index in [1.54, 1.807) is 35.8 Å². The molecule has 0 atom stereocenters. The molecule has 5 aromatic rings. The van der Waals surface area contributed by atoms with Crippen LogP contribution in [0.2, 0.25) is 5.02 Å². The molecule has 1 N–H and O–H groups in total. The van der Waals surface area contributed by atoms with Crippen molar-refractivity contribution in [1.29, 1.82) is 0 Å². The molecule has 0 unspecified atom stereocenters. The van der Waals surface area contributed by atoms with Crippen LogP contribution < -0.4 is 5.32 Å². The largest absolute Gasteiger partial charge is 0.462 e. The highest BCUT2D eigenvalue weighted by Gasteiger charge is 2.28. The van der Waals surface area contributed by atoms with Crippen molar-refractivity contribution in [3.8, 4) is 0 Å². The average molecular weight is 485 g/mol. The highest BCUT2D eigenvalue weighted by atomic mass is 35.5. The minimum atomic E-state index is -0.594. The highest BCUT2D eigenvalue weighted by molar-refractivity contribution is 6.34. The number of carbonyl (C=O) groups excluding carboxylic acids is 2. The first-order valence-corrected chi connectivity index (χ1v) is 11.5. The Morgan fingerprint density at radius 3 is 2.29 bits per heavy atom. The monoisotopic (exact) mass is 484 g/mol. The number of anilines is 1. The molecule has 0 aliphatic rings. The molecule has 0 spiro atoms. The summed E-state index contributed by atoms with van der Waals surface area (Å²) in [6, 6.07) is 23.8. The number of ether oxygens (including phenoxy) is 1. The van der Waals surface area contributed by atoms with Crippen molar-refractivity contribution in [2.45, 2.75) is 13.5 Å². The Kier molecular flexibility index (Phi) is 6.16. The molecule has 2 heterocycles. The van der Waals surface area contributed by atoms with Crippen LogP contribution >= 0.6 is 11.6 Å². The molecule has 174 valence electrons. The molecule has 0 aliphatic carbocycles. The molecule has 0 aliphatic heterocycles. The van der Waals surface area contributed by atoms with Crippen LogP contribution in [0.3, 0.4) is 0 Å². The van der Waals surface area contributed by atoms with Crippen LogP contribution in [0, 0.1) is 0 Å². The number of benzene rings is 3. The van der Waals surface area contributed by atoms with Crippen LogP contribution in [0.5, 0.6) is 0 Å². The summed E-state index contributed by atoms with van der Waals surface area (Å²) in [5.74, 6) is -0.797. The van der Waals surface area contributed by atoms with Crippen LogP contribution in [0.25, 0.3) is 22.2 Å². The predicted octanol–water partition coefficient (Wildman–Crippen LogP) is 5.72. The molecule has 3 aromatic carbocycles. The molecular weight excluding hydrogens is 464 g/mol. The highest BCUT2D eigenvalue weighted by Crippen LogP contribution is 2.32. The van der Waals surface area contributed by atoms with Crippen molar-refractivity contribution < 1.29 is 14.3 Å². The van der Waals surface area contributed by atoms with Gasteiger partial charge in [-0.3, -0.25) is 4.79 Å². The van der Waals surface area contributed by atoms with Gasteiger partial charge in [-0.05, 0) is 36.8 Å². The molecule has 1 amide bonds. The van der Waals surface area contributed by atoms with Crippen LogP contribution in [0.4, 0.5) is 5.82 Å². The molecule has 0 saturated heterocycles. The molecule has 0 saturated carbocycles. The minimum absolute atomic E-state index is 0.149. The second kappa shape index (κ2) is 9.56. The number of carbonyl (C=O) groups is 2.